The van der Waals surface area contributed by atoms with Gasteiger partial charge < -0.3 is 15.3 Å². The zero-order valence-corrected chi connectivity index (χ0v) is 11.5. The fourth-order valence-electron chi connectivity index (χ4n) is 2.49. The molecule has 0 saturated carbocycles. The molecule has 1 aromatic heterocycles. The van der Waals surface area contributed by atoms with E-state index in [1.54, 1.807) is 0 Å². The van der Waals surface area contributed by atoms with Crippen LogP contribution in [-0.2, 0) is 11.3 Å². The van der Waals surface area contributed by atoms with Crippen LogP contribution < -0.4 is 11.3 Å². The Balaban J connectivity index is 2.00. The van der Waals surface area contributed by atoms with Gasteiger partial charge in [0.05, 0.1) is 18.3 Å². The number of aromatic nitrogens is 1. The summed E-state index contributed by atoms with van der Waals surface area (Å²) in [6, 6.07) is 3.85. The van der Waals surface area contributed by atoms with Crippen LogP contribution in [0.1, 0.15) is 19.4 Å². The molecular formula is C13H22N4O2. The van der Waals surface area contributed by atoms with Gasteiger partial charge in [-0.15, -0.1) is 0 Å². The molecule has 6 nitrogen and oxygen atoms in total. The van der Waals surface area contributed by atoms with E-state index in [0.29, 0.717) is 5.82 Å². The Kier molecular flexibility index (Phi) is 4.36. The number of nitrogens with zero attached hydrogens (tertiary/aromatic N) is 2. The summed E-state index contributed by atoms with van der Waals surface area (Å²) in [6.07, 6.45) is 1.69. The first-order chi connectivity index (χ1) is 9.02. The average molecular weight is 266 g/mol. The van der Waals surface area contributed by atoms with E-state index in [2.05, 4.69) is 15.3 Å². The van der Waals surface area contributed by atoms with E-state index < -0.39 is 0 Å². The normalized spacial score (nSPS) is 23.3. The van der Waals surface area contributed by atoms with Crippen molar-refractivity contribution in [3.05, 3.63) is 23.9 Å². The van der Waals surface area contributed by atoms with Crippen molar-refractivity contribution in [3.8, 4) is 0 Å². The van der Waals surface area contributed by atoms with Crippen molar-refractivity contribution in [3.63, 3.8) is 0 Å². The van der Waals surface area contributed by atoms with Crippen molar-refractivity contribution in [2.45, 2.75) is 32.1 Å². The number of hydrazine groups is 1. The Hall–Kier alpha value is -1.21. The topological polar surface area (TPSA) is 83.6 Å². The predicted molar refractivity (Wildman–Crippen MR) is 73.4 cm³/mol. The van der Waals surface area contributed by atoms with E-state index in [0.717, 1.165) is 25.2 Å². The SMILES string of the molecule is CC1(C)CN(Cc2ccc(NN)nc2)CC(CO)O1. The van der Waals surface area contributed by atoms with Gasteiger partial charge in [-0.1, -0.05) is 6.07 Å². The number of nitrogens with one attached hydrogen (secondary N) is 1. The zero-order valence-electron chi connectivity index (χ0n) is 11.5. The van der Waals surface area contributed by atoms with Gasteiger partial charge in [0, 0.05) is 25.8 Å². The lowest BCUT2D eigenvalue weighted by molar-refractivity contribution is -0.150. The fourth-order valence-corrected chi connectivity index (χ4v) is 2.49. The molecule has 0 spiro atoms. The molecule has 0 amide bonds. The maximum atomic E-state index is 9.29. The lowest BCUT2D eigenvalue weighted by atomic mass is 10.0. The van der Waals surface area contributed by atoms with Crippen LogP contribution in [0, 0.1) is 0 Å². The second-order valence-corrected chi connectivity index (χ2v) is 5.55. The summed E-state index contributed by atoms with van der Waals surface area (Å²) < 4.78 is 5.79. The molecule has 1 atom stereocenters. The van der Waals surface area contributed by atoms with E-state index in [9.17, 15) is 5.11 Å². The van der Waals surface area contributed by atoms with Crippen LogP contribution in [0.25, 0.3) is 0 Å². The maximum absolute atomic E-state index is 9.29. The number of aliphatic hydroxyl groups is 1. The van der Waals surface area contributed by atoms with Crippen molar-refractivity contribution in [1.82, 2.24) is 9.88 Å². The molecular weight excluding hydrogens is 244 g/mol. The highest BCUT2D eigenvalue weighted by Crippen LogP contribution is 2.22. The highest BCUT2D eigenvalue weighted by atomic mass is 16.5. The minimum absolute atomic E-state index is 0.0498. The van der Waals surface area contributed by atoms with E-state index in [4.69, 9.17) is 10.6 Å². The van der Waals surface area contributed by atoms with Gasteiger partial charge in [0.2, 0.25) is 0 Å². The van der Waals surface area contributed by atoms with Crippen LogP contribution in [-0.4, -0.2) is 46.4 Å². The second kappa shape index (κ2) is 5.83. The minimum atomic E-state index is -0.238. The summed E-state index contributed by atoms with van der Waals surface area (Å²) in [5.74, 6) is 5.94. The van der Waals surface area contributed by atoms with Gasteiger partial charge in [-0.05, 0) is 25.5 Å². The quantitative estimate of drug-likeness (QED) is 0.538. The molecule has 0 radical (unpaired) electrons. The van der Waals surface area contributed by atoms with Crippen molar-refractivity contribution in [2.24, 2.45) is 5.84 Å². The summed E-state index contributed by atoms with van der Waals surface area (Å²) in [4.78, 5) is 6.47. The van der Waals surface area contributed by atoms with Gasteiger partial charge in [-0.25, -0.2) is 10.8 Å². The van der Waals surface area contributed by atoms with Crippen LogP contribution in [0.15, 0.2) is 18.3 Å². The third-order valence-electron chi connectivity index (χ3n) is 3.13. The molecule has 1 saturated heterocycles. The number of pyridine rings is 1. The molecule has 1 fully saturated rings. The molecule has 2 rings (SSSR count). The summed E-state index contributed by atoms with van der Waals surface area (Å²) >= 11 is 0. The first-order valence-corrected chi connectivity index (χ1v) is 6.45. The molecule has 1 aliphatic heterocycles. The van der Waals surface area contributed by atoms with Gasteiger partial charge in [-0.3, -0.25) is 4.90 Å². The summed E-state index contributed by atoms with van der Waals surface area (Å²) in [5.41, 5.74) is 3.39. The number of anilines is 1. The van der Waals surface area contributed by atoms with Gasteiger partial charge in [0.1, 0.15) is 5.82 Å². The average Bonchev–Trinajstić information content (AvgIpc) is 2.37. The zero-order chi connectivity index (χ0) is 13.9. The smallest absolute Gasteiger partial charge is 0.139 e. The van der Waals surface area contributed by atoms with Crippen LogP contribution in [0.3, 0.4) is 0 Å². The molecule has 106 valence electrons. The van der Waals surface area contributed by atoms with Crippen LogP contribution in [0.2, 0.25) is 0 Å². The molecule has 1 aromatic rings. The standard InChI is InChI=1S/C13H22N4O2/c1-13(2)9-17(7-11(8-18)19-13)6-10-3-4-12(16-14)15-5-10/h3-5,11,18H,6-9,14H2,1-2H3,(H,15,16). The van der Waals surface area contributed by atoms with E-state index in [1.807, 2.05) is 32.2 Å². The van der Waals surface area contributed by atoms with E-state index in [1.165, 1.54) is 0 Å². The van der Waals surface area contributed by atoms with Crippen molar-refractivity contribution >= 4 is 5.82 Å². The molecule has 0 aromatic carbocycles. The predicted octanol–water partition coefficient (Wildman–Crippen LogP) is 0.339. The number of morpholine rings is 1. The highest BCUT2D eigenvalue weighted by molar-refractivity contribution is 5.33. The minimum Gasteiger partial charge on any atom is -0.394 e. The number of hydrogen-bond acceptors (Lipinski definition) is 6. The lowest BCUT2D eigenvalue weighted by Gasteiger charge is -2.42. The molecule has 2 heterocycles. The number of hydrogen-bond donors (Lipinski definition) is 3. The number of rotatable bonds is 4. The number of nitrogen functional groups attached to an aromatic ring is 1. The first kappa shape index (κ1) is 14.2. The molecule has 19 heavy (non-hydrogen) atoms. The van der Waals surface area contributed by atoms with Crippen molar-refractivity contribution < 1.29 is 9.84 Å². The summed E-state index contributed by atoms with van der Waals surface area (Å²) in [5, 5.41) is 9.29. The lowest BCUT2D eigenvalue weighted by Crippen LogP contribution is -2.53. The summed E-state index contributed by atoms with van der Waals surface area (Å²) in [6.45, 7) is 6.50. The van der Waals surface area contributed by atoms with E-state index >= 15 is 0 Å². The van der Waals surface area contributed by atoms with E-state index in [-0.39, 0.29) is 18.3 Å². The van der Waals surface area contributed by atoms with Crippen molar-refractivity contribution in [1.29, 1.82) is 0 Å². The first-order valence-electron chi connectivity index (χ1n) is 6.45. The van der Waals surface area contributed by atoms with Gasteiger partial charge in [0.25, 0.3) is 0 Å². The summed E-state index contributed by atoms with van der Waals surface area (Å²) in [7, 11) is 0. The fraction of sp³-hybridized carbons (Fsp3) is 0.615. The maximum Gasteiger partial charge on any atom is 0.139 e. The van der Waals surface area contributed by atoms with Crippen molar-refractivity contribution in [2.75, 3.05) is 25.1 Å². The van der Waals surface area contributed by atoms with Gasteiger partial charge >= 0.3 is 0 Å². The van der Waals surface area contributed by atoms with Crippen LogP contribution >= 0.6 is 0 Å². The van der Waals surface area contributed by atoms with Crippen LogP contribution in [0.5, 0.6) is 0 Å². The van der Waals surface area contributed by atoms with Crippen LogP contribution in [0.4, 0.5) is 5.82 Å². The molecule has 0 aliphatic carbocycles. The molecule has 4 N–H and O–H groups in total. The number of nitrogens with two attached hydrogens (primary N) is 1. The monoisotopic (exact) mass is 266 g/mol. The second-order valence-electron chi connectivity index (χ2n) is 5.55. The third-order valence-corrected chi connectivity index (χ3v) is 3.13. The number of ether oxygens (including phenoxy) is 1. The van der Waals surface area contributed by atoms with Gasteiger partial charge in [-0.2, -0.15) is 0 Å². The Morgan fingerprint density at radius 1 is 1.58 bits per heavy atom. The molecule has 1 aliphatic rings. The largest absolute Gasteiger partial charge is 0.394 e. The van der Waals surface area contributed by atoms with Gasteiger partial charge in [0.15, 0.2) is 0 Å². The molecule has 0 bridgehead atoms. The Bertz CT molecular complexity index is 408. The molecule has 1 unspecified atom stereocenters. The third kappa shape index (κ3) is 3.87. The molecule has 6 heteroatoms. The Labute approximate surface area is 113 Å². The number of aliphatic hydroxyl groups excluding tert-OH is 1. The Morgan fingerprint density at radius 2 is 2.37 bits per heavy atom. The Morgan fingerprint density at radius 3 is 2.95 bits per heavy atom. The highest BCUT2D eigenvalue weighted by Gasteiger charge is 2.32.